The number of benzene rings is 2. The summed E-state index contributed by atoms with van der Waals surface area (Å²) in [6, 6.07) is 12.6. The summed E-state index contributed by atoms with van der Waals surface area (Å²) in [4.78, 5) is 0. The topological polar surface area (TPSA) is 12.0 Å². The van der Waals surface area contributed by atoms with E-state index in [1.54, 1.807) is 6.07 Å². The molecule has 0 bridgehead atoms. The fraction of sp³-hybridized carbons (Fsp3) is 0.0769. The van der Waals surface area contributed by atoms with Crippen LogP contribution in [0.3, 0.4) is 0 Å². The third-order valence-corrected chi connectivity index (χ3v) is 2.73. The lowest BCUT2D eigenvalue weighted by Gasteiger charge is -2.09. The molecule has 0 aliphatic carbocycles. The molecule has 82 valence electrons. The summed E-state index contributed by atoms with van der Waals surface area (Å²) in [6.07, 6.45) is 0. The molecule has 0 saturated carbocycles. The second kappa shape index (κ2) is 4.54. The van der Waals surface area contributed by atoms with Crippen LogP contribution >= 0.6 is 11.6 Å². The van der Waals surface area contributed by atoms with Gasteiger partial charge in [0.25, 0.3) is 0 Å². The maximum absolute atomic E-state index is 13.3. The molecule has 0 aromatic heterocycles. The molecule has 0 amide bonds. The van der Waals surface area contributed by atoms with Crippen molar-refractivity contribution in [1.82, 2.24) is 0 Å². The lowest BCUT2D eigenvalue weighted by atomic mass is 10.0. The van der Waals surface area contributed by atoms with Crippen molar-refractivity contribution in [3.8, 4) is 11.1 Å². The quantitative estimate of drug-likeness (QED) is 0.823. The summed E-state index contributed by atoms with van der Waals surface area (Å²) >= 11 is 5.65. The molecular weight excluding hydrogens is 225 g/mol. The zero-order valence-corrected chi connectivity index (χ0v) is 9.55. The standard InChI is InChI=1S/C13H11ClFN/c1-16-13-5-3-2-4-10(13)9-6-7-11(14)12(15)8-9/h2-8,16H,1H3. The lowest BCUT2D eigenvalue weighted by molar-refractivity contribution is 0.629. The predicted octanol–water partition coefficient (Wildman–Crippen LogP) is 4.19. The molecule has 2 aromatic carbocycles. The van der Waals surface area contributed by atoms with Crippen molar-refractivity contribution in [3.05, 3.63) is 53.3 Å². The molecule has 16 heavy (non-hydrogen) atoms. The average molecular weight is 236 g/mol. The van der Waals surface area contributed by atoms with Gasteiger partial charge in [0.15, 0.2) is 0 Å². The van der Waals surface area contributed by atoms with Gasteiger partial charge in [0.05, 0.1) is 5.02 Å². The maximum atomic E-state index is 13.3. The van der Waals surface area contributed by atoms with E-state index >= 15 is 0 Å². The van der Waals surface area contributed by atoms with Gasteiger partial charge >= 0.3 is 0 Å². The highest BCUT2D eigenvalue weighted by Gasteiger charge is 2.06. The van der Waals surface area contributed by atoms with Crippen LogP contribution in [0.1, 0.15) is 0 Å². The highest BCUT2D eigenvalue weighted by atomic mass is 35.5. The molecular formula is C13H11ClFN. The lowest BCUT2D eigenvalue weighted by Crippen LogP contribution is -1.91. The second-order valence-electron chi connectivity index (χ2n) is 3.42. The zero-order chi connectivity index (χ0) is 11.5. The fourth-order valence-corrected chi connectivity index (χ4v) is 1.73. The molecule has 0 radical (unpaired) electrons. The first-order valence-electron chi connectivity index (χ1n) is 4.94. The van der Waals surface area contributed by atoms with Gasteiger partial charge in [0.2, 0.25) is 0 Å². The molecule has 2 rings (SSSR count). The normalized spacial score (nSPS) is 10.2. The zero-order valence-electron chi connectivity index (χ0n) is 8.80. The van der Waals surface area contributed by atoms with E-state index in [0.29, 0.717) is 0 Å². The third kappa shape index (κ3) is 2.02. The first-order valence-corrected chi connectivity index (χ1v) is 5.32. The van der Waals surface area contributed by atoms with Crippen LogP contribution in [0.4, 0.5) is 10.1 Å². The van der Waals surface area contributed by atoms with E-state index in [-0.39, 0.29) is 5.02 Å². The number of halogens is 2. The van der Waals surface area contributed by atoms with Gasteiger partial charge in [0.1, 0.15) is 5.82 Å². The number of hydrogen-bond donors (Lipinski definition) is 1. The van der Waals surface area contributed by atoms with Gasteiger partial charge in [-0.25, -0.2) is 4.39 Å². The van der Waals surface area contributed by atoms with Gasteiger partial charge in [-0.05, 0) is 23.8 Å². The molecule has 2 aromatic rings. The van der Waals surface area contributed by atoms with Crippen LogP contribution in [0.15, 0.2) is 42.5 Å². The van der Waals surface area contributed by atoms with Gasteiger partial charge in [-0.2, -0.15) is 0 Å². The van der Waals surface area contributed by atoms with E-state index in [0.717, 1.165) is 16.8 Å². The monoisotopic (exact) mass is 235 g/mol. The molecule has 0 aliphatic heterocycles. The summed E-state index contributed by atoms with van der Waals surface area (Å²) < 4.78 is 13.3. The van der Waals surface area contributed by atoms with Crippen LogP contribution in [0.5, 0.6) is 0 Å². The molecule has 0 unspecified atom stereocenters. The number of rotatable bonds is 2. The Hall–Kier alpha value is -1.54. The molecule has 0 aliphatic rings. The minimum absolute atomic E-state index is 0.144. The van der Waals surface area contributed by atoms with Crippen molar-refractivity contribution in [2.75, 3.05) is 12.4 Å². The van der Waals surface area contributed by atoms with E-state index in [4.69, 9.17) is 11.6 Å². The van der Waals surface area contributed by atoms with Crippen LogP contribution < -0.4 is 5.32 Å². The van der Waals surface area contributed by atoms with Crippen molar-refractivity contribution in [2.45, 2.75) is 0 Å². The van der Waals surface area contributed by atoms with Crippen molar-refractivity contribution >= 4 is 17.3 Å². The van der Waals surface area contributed by atoms with Crippen molar-refractivity contribution in [3.63, 3.8) is 0 Å². The fourth-order valence-electron chi connectivity index (χ4n) is 1.62. The SMILES string of the molecule is CNc1ccccc1-c1ccc(Cl)c(F)c1. The Balaban J connectivity index is 2.54. The van der Waals surface area contributed by atoms with E-state index in [1.807, 2.05) is 37.4 Å². The molecule has 3 heteroatoms. The van der Waals surface area contributed by atoms with E-state index < -0.39 is 5.82 Å². The number of hydrogen-bond acceptors (Lipinski definition) is 1. The summed E-state index contributed by atoms with van der Waals surface area (Å²) in [5.74, 6) is -0.398. The molecule has 0 spiro atoms. The van der Waals surface area contributed by atoms with Crippen LogP contribution in [-0.4, -0.2) is 7.05 Å². The maximum Gasteiger partial charge on any atom is 0.142 e. The van der Waals surface area contributed by atoms with Crippen molar-refractivity contribution < 1.29 is 4.39 Å². The Morgan fingerprint density at radius 1 is 1.12 bits per heavy atom. The minimum Gasteiger partial charge on any atom is -0.388 e. The Morgan fingerprint density at radius 2 is 1.88 bits per heavy atom. The molecule has 0 atom stereocenters. The Kier molecular flexibility index (Phi) is 3.11. The highest BCUT2D eigenvalue weighted by Crippen LogP contribution is 2.29. The van der Waals surface area contributed by atoms with Crippen molar-refractivity contribution in [2.24, 2.45) is 0 Å². The first kappa shape index (κ1) is 11.0. The summed E-state index contributed by atoms with van der Waals surface area (Å²) in [5, 5.41) is 3.22. The third-order valence-electron chi connectivity index (χ3n) is 2.43. The number of nitrogens with one attached hydrogen (secondary N) is 1. The van der Waals surface area contributed by atoms with Crippen LogP contribution in [-0.2, 0) is 0 Å². The van der Waals surface area contributed by atoms with Gasteiger partial charge in [-0.15, -0.1) is 0 Å². The molecule has 0 fully saturated rings. The number of para-hydroxylation sites is 1. The molecule has 0 saturated heterocycles. The van der Waals surface area contributed by atoms with Gasteiger partial charge in [-0.1, -0.05) is 35.9 Å². The largest absolute Gasteiger partial charge is 0.388 e. The van der Waals surface area contributed by atoms with Crippen LogP contribution in [0, 0.1) is 5.82 Å². The van der Waals surface area contributed by atoms with Gasteiger partial charge in [-0.3, -0.25) is 0 Å². The van der Waals surface area contributed by atoms with Crippen molar-refractivity contribution in [1.29, 1.82) is 0 Å². The number of anilines is 1. The van der Waals surface area contributed by atoms with E-state index in [9.17, 15) is 4.39 Å². The van der Waals surface area contributed by atoms with E-state index in [1.165, 1.54) is 6.07 Å². The van der Waals surface area contributed by atoms with Crippen LogP contribution in [0.2, 0.25) is 5.02 Å². The van der Waals surface area contributed by atoms with E-state index in [2.05, 4.69) is 5.32 Å². The Labute approximate surface area is 98.9 Å². The van der Waals surface area contributed by atoms with Crippen LogP contribution in [0.25, 0.3) is 11.1 Å². The molecule has 0 heterocycles. The second-order valence-corrected chi connectivity index (χ2v) is 3.83. The minimum atomic E-state index is -0.398. The summed E-state index contributed by atoms with van der Waals surface area (Å²) in [5.41, 5.74) is 2.73. The Bertz CT molecular complexity index is 511. The molecule has 1 nitrogen and oxygen atoms in total. The summed E-state index contributed by atoms with van der Waals surface area (Å²) in [6.45, 7) is 0. The first-order chi connectivity index (χ1) is 7.72. The van der Waals surface area contributed by atoms with Gasteiger partial charge in [0, 0.05) is 18.3 Å². The highest BCUT2D eigenvalue weighted by molar-refractivity contribution is 6.30. The Morgan fingerprint density at radius 3 is 2.56 bits per heavy atom. The summed E-state index contributed by atoms with van der Waals surface area (Å²) in [7, 11) is 1.84. The average Bonchev–Trinajstić information content (AvgIpc) is 2.32. The molecule has 1 N–H and O–H groups in total. The van der Waals surface area contributed by atoms with Gasteiger partial charge < -0.3 is 5.32 Å². The smallest absolute Gasteiger partial charge is 0.142 e. The predicted molar refractivity (Wildman–Crippen MR) is 66.4 cm³/mol.